The van der Waals surface area contributed by atoms with Gasteiger partial charge in [0.05, 0.1) is 19.7 Å². The van der Waals surface area contributed by atoms with E-state index in [2.05, 4.69) is 53.4 Å². The van der Waals surface area contributed by atoms with Crippen molar-refractivity contribution in [3.05, 3.63) is 71.8 Å². The smallest absolute Gasteiger partial charge is 0.323 e. The molecule has 4 rings (SSSR count). The predicted octanol–water partition coefficient (Wildman–Crippen LogP) is 2.56. The molecule has 31 heavy (non-hydrogen) atoms. The molecule has 6 nitrogen and oxygen atoms in total. The quantitative estimate of drug-likeness (QED) is 0.671. The summed E-state index contributed by atoms with van der Waals surface area (Å²) in [6.07, 6.45) is 1.69. The molecule has 2 aromatic carbocycles. The number of esters is 1. The molecule has 2 fully saturated rings. The number of ether oxygens (including phenoxy) is 1. The van der Waals surface area contributed by atoms with Crippen LogP contribution < -0.4 is 0 Å². The zero-order valence-electron chi connectivity index (χ0n) is 18.2. The lowest BCUT2D eigenvalue weighted by Crippen LogP contribution is -2.53. The maximum absolute atomic E-state index is 12.9. The summed E-state index contributed by atoms with van der Waals surface area (Å²) in [5.41, 5.74) is 2.54. The Kier molecular flexibility index (Phi) is 6.99. The van der Waals surface area contributed by atoms with Crippen LogP contribution in [-0.4, -0.2) is 79.0 Å². The van der Waals surface area contributed by atoms with Crippen molar-refractivity contribution in [2.45, 2.75) is 24.9 Å². The van der Waals surface area contributed by atoms with E-state index in [1.807, 2.05) is 21.9 Å². The van der Waals surface area contributed by atoms with Gasteiger partial charge in [0, 0.05) is 26.2 Å². The zero-order chi connectivity index (χ0) is 21.6. The summed E-state index contributed by atoms with van der Waals surface area (Å²) in [6.45, 7) is 4.11. The lowest BCUT2D eigenvalue weighted by Gasteiger charge is -2.40. The third kappa shape index (κ3) is 4.97. The fourth-order valence-electron chi connectivity index (χ4n) is 4.81. The standard InChI is InChI=1S/C25H31N3O3/c1-31-25(30)22-13-8-14-28(22)19-23(29)26-15-17-27(18-16-26)24(20-9-4-2-5-10-20)21-11-6-3-7-12-21/h2-7,9-12,22,24H,8,13-19H2,1H3. The van der Waals surface area contributed by atoms with E-state index in [9.17, 15) is 9.59 Å². The molecule has 0 saturated carbocycles. The SMILES string of the molecule is COC(=O)C1CCCN1CC(=O)N1CCN(C(c2ccccc2)c2ccccc2)CC1. The number of benzene rings is 2. The molecular weight excluding hydrogens is 390 g/mol. The Hall–Kier alpha value is -2.70. The monoisotopic (exact) mass is 421 g/mol. The molecule has 1 amide bonds. The molecule has 0 aliphatic carbocycles. The normalized spacial score (nSPS) is 20.2. The van der Waals surface area contributed by atoms with E-state index in [0.29, 0.717) is 19.6 Å². The number of nitrogens with zero attached hydrogens (tertiary/aromatic N) is 3. The van der Waals surface area contributed by atoms with Gasteiger partial charge in [-0.1, -0.05) is 60.7 Å². The summed E-state index contributed by atoms with van der Waals surface area (Å²) in [5, 5.41) is 0. The van der Waals surface area contributed by atoms with Crippen LogP contribution >= 0.6 is 0 Å². The first-order chi connectivity index (χ1) is 15.2. The lowest BCUT2D eigenvalue weighted by atomic mass is 9.96. The minimum atomic E-state index is -0.282. The molecule has 1 atom stereocenters. The minimum Gasteiger partial charge on any atom is -0.468 e. The van der Waals surface area contributed by atoms with Gasteiger partial charge in [-0.25, -0.2) is 0 Å². The van der Waals surface area contributed by atoms with Crippen molar-refractivity contribution in [1.82, 2.24) is 14.7 Å². The van der Waals surface area contributed by atoms with Crippen LogP contribution in [0.4, 0.5) is 0 Å². The lowest BCUT2D eigenvalue weighted by molar-refractivity contribution is -0.147. The fourth-order valence-corrected chi connectivity index (χ4v) is 4.81. The van der Waals surface area contributed by atoms with Crippen molar-refractivity contribution in [1.29, 1.82) is 0 Å². The molecule has 0 radical (unpaired) electrons. The van der Waals surface area contributed by atoms with Gasteiger partial charge in [-0.15, -0.1) is 0 Å². The van der Waals surface area contributed by atoms with Crippen LogP contribution in [0.25, 0.3) is 0 Å². The Balaban J connectivity index is 1.40. The molecule has 2 saturated heterocycles. The second-order valence-electron chi connectivity index (χ2n) is 8.29. The van der Waals surface area contributed by atoms with Crippen molar-refractivity contribution in [2.75, 3.05) is 46.4 Å². The van der Waals surface area contributed by atoms with Gasteiger partial charge in [0.25, 0.3) is 0 Å². The summed E-state index contributed by atoms with van der Waals surface area (Å²) in [5.74, 6) is -0.130. The number of hydrogen-bond acceptors (Lipinski definition) is 5. The molecule has 2 heterocycles. The van der Waals surface area contributed by atoms with Crippen molar-refractivity contribution < 1.29 is 14.3 Å². The number of rotatable bonds is 6. The Bertz CT molecular complexity index is 827. The molecule has 0 spiro atoms. The second-order valence-corrected chi connectivity index (χ2v) is 8.29. The van der Waals surface area contributed by atoms with Gasteiger partial charge in [0.15, 0.2) is 0 Å². The second kappa shape index (κ2) is 10.1. The highest BCUT2D eigenvalue weighted by molar-refractivity contribution is 5.81. The average Bonchev–Trinajstić information content (AvgIpc) is 3.28. The third-order valence-electron chi connectivity index (χ3n) is 6.44. The highest BCUT2D eigenvalue weighted by atomic mass is 16.5. The number of carbonyl (C=O) groups is 2. The Morgan fingerprint density at radius 2 is 1.48 bits per heavy atom. The van der Waals surface area contributed by atoms with Crippen LogP contribution in [0.2, 0.25) is 0 Å². The van der Waals surface area contributed by atoms with Gasteiger partial charge < -0.3 is 9.64 Å². The summed E-state index contributed by atoms with van der Waals surface area (Å²) >= 11 is 0. The third-order valence-corrected chi connectivity index (χ3v) is 6.44. The molecule has 0 bridgehead atoms. The Labute approximate surface area is 184 Å². The van der Waals surface area contributed by atoms with Crippen LogP contribution in [0.1, 0.15) is 30.0 Å². The van der Waals surface area contributed by atoms with Gasteiger partial charge in [-0.3, -0.25) is 19.4 Å². The molecule has 2 aliphatic heterocycles. The number of methoxy groups -OCH3 is 1. The van der Waals surface area contributed by atoms with Crippen molar-refractivity contribution in [3.63, 3.8) is 0 Å². The van der Waals surface area contributed by atoms with Gasteiger partial charge in [-0.05, 0) is 30.5 Å². The molecule has 0 N–H and O–H groups in total. The van der Waals surface area contributed by atoms with Gasteiger partial charge in [0.1, 0.15) is 6.04 Å². The number of carbonyl (C=O) groups excluding carboxylic acids is 2. The summed E-state index contributed by atoms with van der Waals surface area (Å²) < 4.78 is 4.90. The summed E-state index contributed by atoms with van der Waals surface area (Å²) in [7, 11) is 1.41. The maximum Gasteiger partial charge on any atom is 0.323 e. The van der Waals surface area contributed by atoms with E-state index in [4.69, 9.17) is 4.74 Å². The Morgan fingerprint density at radius 3 is 2.03 bits per heavy atom. The molecule has 164 valence electrons. The molecule has 0 aromatic heterocycles. The molecular formula is C25H31N3O3. The van der Waals surface area contributed by atoms with Crippen LogP contribution in [0.15, 0.2) is 60.7 Å². The highest BCUT2D eigenvalue weighted by Crippen LogP contribution is 2.29. The number of hydrogen-bond donors (Lipinski definition) is 0. The van der Waals surface area contributed by atoms with Crippen LogP contribution in [0.5, 0.6) is 0 Å². The van der Waals surface area contributed by atoms with E-state index < -0.39 is 0 Å². The summed E-state index contributed by atoms with van der Waals surface area (Å²) in [4.78, 5) is 31.3. The van der Waals surface area contributed by atoms with Gasteiger partial charge >= 0.3 is 5.97 Å². The number of piperazine rings is 1. The van der Waals surface area contributed by atoms with E-state index in [1.54, 1.807) is 0 Å². The van der Waals surface area contributed by atoms with E-state index in [1.165, 1.54) is 18.2 Å². The largest absolute Gasteiger partial charge is 0.468 e. The Morgan fingerprint density at radius 1 is 0.903 bits per heavy atom. The maximum atomic E-state index is 12.9. The van der Waals surface area contributed by atoms with Gasteiger partial charge in [0.2, 0.25) is 5.91 Å². The van der Waals surface area contributed by atoms with Gasteiger partial charge in [-0.2, -0.15) is 0 Å². The predicted molar refractivity (Wildman–Crippen MR) is 119 cm³/mol. The zero-order valence-corrected chi connectivity index (χ0v) is 18.2. The van der Waals surface area contributed by atoms with Crippen molar-refractivity contribution in [3.8, 4) is 0 Å². The van der Waals surface area contributed by atoms with E-state index >= 15 is 0 Å². The van der Waals surface area contributed by atoms with E-state index in [0.717, 1.165) is 32.5 Å². The number of amides is 1. The summed E-state index contributed by atoms with van der Waals surface area (Å²) in [6, 6.07) is 21.0. The van der Waals surface area contributed by atoms with E-state index in [-0.39, 0.29) is 24.0 Å². The van der Waals surface area contributed by atoms with Crippen LogP contribution in [0, 0.1) is 0 Å². The molecule has 2 aromatic rings. The van der Waals surface area contributed by atoms with Crippen molar-refractivity contribution in [2.24, 2.45) is 0 Å². The average molecular weight is 422 g/mol. The fraction of sp³-hybridized carbons (Fsp3) is 0.440. The van der Waals surface area contributed by atoms with Crippen molar-refractivity contribution >= 4 is 11.9 Å². The highest BCUT2D eigenvalue weighted by Gasteiger charge is 2.34. The molecule has 2 aliphatic rings. The van der Waals surface area contributed by atoms with Crippen LogP contribution in [0.3, 0.4) is 0 Å². The minimum absolute atomic E-state index is 0.103. The topological polar surface area (TPSA) is 53.1 Å². The first-order valence-corrected chi connectivity index (χ1v) is 11.1. The number of likely N-dealkylation sites (tertiary alicyclic amines) is 1. The molecule has 6 heteroatoms. The van der Waals surface area contributed by atoms with Crippen LogP contribution in [-0.2, 0) is 14.3 Å². The first kappa shape index (κ1) is 21.5. The first-order valence-electron chi connectivity index (χ1n) is 11.1. The molecule has 1 unspecified atom stereocenters.